The molecule has 2 N–H and O–H groups in total. The van der Waals surface area contributed by atoms with Gasteiger partial charge in [-0.3, -0.25) is 0 Å². The summed E-state index contributed by atoms with van der Waals surface area (Å²) >= 11 is 6.03. The van der Waals surface area contributed by atoms with Crippen molar-refractivity contribution >= 4 is 11.6 Å². The van der Waals surface area contributed by atoms with Crippen molar-refractivity contribution in [3.63, 3.8) is 0 Å². The summed E-state index contributed by atoms with van der Waals surface area (Å²) in [5.41, 5.74) is 6.84. The van der Waals surface area contributed by atoms with E-state index in [1.165, 1.54) is 37.8 Å². The second-order valence-electron chi connectivity index (χ2n) is 4.66. The van der Waals surface area contributed by atoms with Gasteiger partial charge in [-0.15, -0.1) is 0 Å². The Labute approximate surface area is 101 Å². The zero-order chi connectivity index (χ0) is 11.5. The van der Waals surface area contributed by atoms with Gasteiger partial charge in [0.1, 0.15) is 5.82 Å². The maximum absolute atomic E-state index is 13.1. The van der Waals surface area contributed by atoms with Gasteiger partial charge in [0.05, 0.1) is 0 Å². The van der Waals surface area contributed by atoms with E-state index in [2.05, 4.69) is 0 Å². The molecule has 0 aliphatic heterocycles. The number of hydrogen-bond acceptors (Lipinski definition) is 1. The highest BCUT2D eigenvalue weighted by molar-refractivity contribution is 6.31. The van der Waals surface area contributed by atoms with Gasteiger partial charge in [-0.05, 0) is 36.1 Å². The van der Waals surface area contributed by atoms with Crippen LogP contribution >= 0.6 is 11.6 Å². The van der Waals surface area contributed by atoms with Gasteiger partial charge < -0.3 is 5.73 Å². The van der Waals surface area contributed by atoms with E-state index in [9.17, 15) is 4.39 Å². The Morgan fingerprint density at radius 3 is 2.75 bits per heavy atom. The molecule has 1 aromatic rings. The van der Waals surface area contributed by atoms with E-state index in [1.807, 2.05) is 0 Å². The van der Waals surface area contributed by atoms with Crippen molar-refractivity contribution < 1.29 is 4.39 Å². The van der Waals surface area contributed by atoms with Crippen LogP contribution in [0, 0.1) is 11.7 Å². The molecule has 0 bridgehead atoms. The van der Waals surface area contributed by atoms with Crippen LogP contribution in [0.4, 0.5) is 4.39 Å². The molecule has 0 spiro atoms. The van der Waals surface area contributed by atoms with Crippen LogP contribution in [0.1, 0.15) is 43.7 Å². The van der Waals surface area contributed by atoms with Crippen LogP contribution in [0.25, 0.3) is 0 Å². The largest absolute Gasteiger partial charge is 0.324 e. The topological polar surface area (TPSA) is 26.0 Å². The molecule has 1 aromatic carbocycles. The second kappa shape index (κ2) is 5.15. The van der Waals surface area contributed by atoms with Crippen LogP contribution in [0.3, 0.4) is 0 Å². The lowest BCUT2D eigenvalue weighted by molar-refractivity contribution is 0.449. The van der Waals surface area contributed by atoms with E-state index >= 15 is 0 Å². The van der Waals surface area contributed by atoms with Crippen LogP contribution in [0.2, 0.25) is 5.02 Å². The van der Waals surface area contributed by atoms with Crippen molar-refractivity contribution in [1.82, 2.24) is 0 Å². The van der Waals surface area contributed by atoms with E-state index in [0.717, 1.165) is 12.0 Å². The van der Waals surface area contributed by atoms with Crippen molar-refractivity contribution in [2.75, 3.05) is 0 Å². The number of nitrogens with two attached hydrogens (primary N) is 1. The quantitative estimate of drug-likeness (QED) is 0.849. The molecule has 1 unspecified atom stereocenters. The highest BCUT2D eigenvalue weighted by Crippen LogP contribution is 2.34. The molecule has 1 nitrogen and oxygen atoms in total. The van der Waals surface area contributed by atoms with Crippen molar-refractivity contribution in [3.8, 4) is 0 Å². The fourth-order valence-electron chi connectivity index (χ4n) is 2.53. The normalized spacial score (nSPS) is 18.9. The molecule has 0 radical (unpaired) electrons. The van der Waals surface area contributed by atoms with Gasteiger partial charge in [-0.2, -0.15) is 0 Å². The van der Waals surface area contributed by atoms with E-state index in [-0.39, 0.29) is 11.9 Å². The van der Waals surface area contributed by atoms with Gasteiger partial charge in [-0.25, -0.2) is 4.39 Å². The Morgan fingerprint density at radius 2 is 2.06 bits per heavy atom. The summed E-state index contributed by atoms with van der Waals surface area (Å²) < 4.78 is 13.1. The Kier molecular flexibility index (Phi) is 3.82. The fraction of sp³-hybridized carbons (Fsp3) is 0.538. The van der Waals surface area contributed by atoms with Crippen molar-refractivity contribution in [2.24, 2.45) is 11.7 Å². The molecule has 3 heteroatoms. The Bertz CT molecular complexity index is 361. The highest BCUT2D eigenvalue weighted by atomic mass is 35.5. The van der Waals surface area contributed by atoms with Gasteiger partial charge in [-0.1, -0.05) is 37.3 Å². The minimum absolute atomic E-state index is 0.133. The van der Waals surface area contributed by atoms with Gasteiger partial charge in [0.15, 0.2) is 0 Å². The zero-order valence-electron chi connectivity index (χ0n) is 9.26. The van der Waals surface area contributed by atoms with E-state index < -0.39 is 0 Å². The summed E-state index contributed by atoms with van der Waals surface area (Å²) in [6.07, 6.45) is 6.02. The molecule has 0 amide bonds. The third-order valence-corrected chi connectivity index (χ3v) is 3.76. The first-order chi connectivity index (χ1) is 7.66. The molecule has 2 rings (SSSR count). The summed E-state index contributed by atoms with van der Waals surface area (Å²) in [5, 5.41) is 0.576. The minimum atomic E-state index is -0.263. The zero-order valence-corrected chi connectivity index (χ0v) is 10.0. The second-order valence-corrected chi connectivity index (χ2v) is 5.07. The number of halogens is 2. The molecular weight excluding hydrogens is 225 g/mol. The van der Waals surface area contributed by atoms with Crippen molar-refractivity contribution in [2.45, 2.75) is 38.1 Å². The first kappa shape index (κ1) is 11.9. The first-order valence-electron chi connectivity index (χ1n) is 5.87. The van der Waals surface area contributed by atoms with Gasteiger partial charge >= 0.3 is 0 Å². The molecule has 1 atom stereocenters. The molecule has 0 aromatic heterocycles. The summed E-state index contributed by atoms with van der Waals surface area (Å²) in [6.45, 7) is 0. The highest BCUT2D eigenvalue weighted by Gasteiger charge is 2.20. The Morgan fingerprint density at radius 1 is 1.38 bits per heavy atom. The third kappa shape index (κ3) is 2.74. The lowest BCUT2D eigenvalue weighted by Gasteiger charge is -2.17. The predicted molar refractivity (Wildman–Crippen MR) is 64.9 cm³/mol. The van der Waals surface area contributed by atoms with Gasteiger partial charge in [0, 0.05) is 11.1 Å². The van der Waals surface area contributed by atoms with Crippen molar-refractivity contribution in [1.29, 1.82) is 0 Å². The minimum Gasteiger partial charge on any atom is -0.324 e. The summed E-state index contributed by atoms with van der Waals surface area (Å²) in [7, 11) is 0. The third-order valence-electron chi connectivity index (χ3n) is 3.42. The van der Waals surface area contributed by atoms with Gasteiger partial charge in [0.25, 0.3) is 0 Å². The summed E-state index contributed by atoms with van der Waals surface area (Å²) in [5.74, 6) is 0.426. The average molecular weight is 242 g/mol. The summed E-state index contributed by atoms with van der Waals surface area (Å²) in [4.78, 5) is 0. The number of hydrogen-bond donors (Lipinski definition) is 1. The van der Waals surface area contributed by atoms with Gasteiger partial charge in [0.2, 0.25) is 0 Å². The Hall–Kier alpha value is -0.600. The molecule has 16 heavy (non-hydrogen) atoms. The van der Waals surface area contributed by atoms with E-state index in [4.69, 9.17) is 17.3 Å². The smallest absolute Gasteiger partial charge is 0.123 e. The monoisotopic (exact) mass is 241 g/mol. The SMILES string of the molecule is NC(CC1CCCC1)c1cc(F)ccc1Cl. The lowest BCUT2D eigenvalue weighted by atomic mass is 9.94. The standard InChI is InChI=1S/C13H17ClFN/c14-12-6-5-10(15)8-11(12)13(16)7-9-3-1-2-4-9/h5-6,8-9,13H,1-4,7,16H2. The molecule has 0 saturated heterocycles. The van der Waals surface area contributed by atoms with E-state index in [1.54, 1.807) is 6.07 Å². The summed E-state index contributed by atoms with van der Waals surface area (Å²) in [6, 6.07) is 4.28. The fourth-order valence-corrected chi connectivity index (χ4v) is 2.79. The van der Waals surface area contributed by atoms with Crippen LogP contribution in [-0.2, 0) is 0 Å². The van der Waals surface area contributed by atoms with E-state index in [0.29, 0.717) is 10.9 Å². The predicted octanol–water partition coefficient (Wildman–Crippen LogP) is 4.06. The Balaban J connectivity index is 2.07. The molecule has 1 aliphatic carbocycles. The lowest BCUT2D eigenvalue weighted by Crippen LogP contribution is -2.14. The number of rotatable bonds is 3. The molecule has 1 fully saturated rings. The van der Waals surface area contributed by atoms with Crippen LogP contribution < -0.4 is 5.73 Å². The molecule has 88 valence electrons. The molecule has 1 aliphatic rings. The van der Waals surface area contributed by atoms with Crippen LogP contribution in [0.15, 0.2) is 18.2 Å². The maximum atomic E-state index is 13.1. The molecule has 1 saturated carbocycles. The van der Waals surface area contributed by atoms with Crippen LogP contribution in [0.5, 0.6) is 0 Å². The molecule has 0 heterocycles. The number of benzene rings is 1. The first-order valence-corrected chi connectivity index (χ1v) is 6.25. The maximum Gasteiger partial charge on any atom is 0.123 e. The molecular formula is C13H17ClFN. The average Bonchev–Trinajstić information content (AvgIpc) is 2.74. The van der Waals surface area contributed by atoms with Crippen molar-refractivity contribution in [3.05, 3.63) is 34.6 Å². The van der Waals surface area contributed by atoms with Crippen LogP contribution in [-0.4, -0.2) is 0 Å².